The maximum Gasteiger partial charge on any atom is 0.344 e. The highest BCUT2D eigenvalue weighted by atomic mass is 35.5. The van der Waals surface area contributed by atoms with Gasteiger partial charge in [-0.2, -0.15) is 0 Å². The Hall–Kier alpha value is -2.53. The predicted octanol–water partition coefficient (Wildman–Crippen LogP) is 3.74. The van der Waals surface area contributed by atoms with Gasteiger partial charge in [0.15, 0.2) is 6.10 Å². The smallest absolute Gasteiger partial charge is 0.344 e. The SMILES string of the molecule is CC(Oc1ccc(-c2nc3ccccc3[nH]2)cc1Cl)C(=O)O. The largest absolute Gasteiger partial charge is 0.479 e. The Morgan fingerprint density at radius 3 is 2.77 bits per heavy atom. The number of hydrogen-bond donors (Lipinski definition) is 2. The summed E-state index contributed by atoms with van der Waals surface area (Å²) in [5.41, 5.74) is 2.61. The van der Waals surface area contributed by atoms with Crippen molar-refractivity contribution in [1.82, 2.24) is 9.97 Å². The van der Waals surface area contributed by atoms with E-state index in [0.29, 0.717) is 16.6 Å². The number of para-hydroxylation sites is 2. The van der Waals surface area contributed by atoms with E-state index in [1.165, 1.54) is 6.92 Å². The summed E-state index contributed by atoms with van der Waals surface area (Å²) < 4.78 is 5.29. The summed E-state index contributed by atoms with van der Waals surface area (Å²) in [5.74, 6) is -0.0187. The molecule has 0 saturated carbocycles. The molecule has 6 heteroatoms. The summed E-state index contributed by atoms with van der Waals surface area (Å²) in [6.45, 7) is 1.45. The summed E-state index contributed by atoms with van der Waals surface area (Å²) in [6, 6.07) is 12.8. The second-order valence-electron chi connectivity index (χ2n) is 4.85. The van der Waals surface area contributed by atoms with Gasteiger partial charge in [-0.3, -0.25) is 0 Å². The fourth-order valence-electron chi connectivity index (χ4n) is 2.07. The van der Waals surface area contributed by atoms with Gasteiger partial charge >= 0.3 is 5.97 Å². The van der Waals surface area contributed by atoms with Crippen molar-refractivity contribution in [3.8, 4) is 17.1 Å². The van der Waals surface area contributed by atoms with Crippen molar-refractivity contribution < 1.29 is 14.6 Å². The number of carboxylic acids is 1. The number of halogens is 1. The average Bonchev–Trinajstić information content (AvgIpc) is 2.93. The van der Waals surface area contributed by atoms with Crippen LogP contribution in [0.5, 0.6) is 5.75 Å². The lowest BCUT2D eigenvalue weighted by molar-refractivity contribution is -0.144. The Labute approximate surface area is 131 Å². The molecule has 2 aromatic carbocycles. The first-order chi connectivity index (χ1) is 10.5. The van der Waals surface area contributed by atoms with Crippen LogP contribution in [-0.2, 0) is 4.79 Å². The van der Waals surface area contributed by atoms with Crippen LogP contribution < -0.4 is 4.74 Å². The van der Waals surface area contributed by atoms with E-state index in [-0.39, 0.29) is 0 Å². The number of carbonyl (C=O) groups is 1. The number of aliphatic carboxylic acids is 1. The number of H-pyrrole nitrogens is 1. The van der Waals surface area contributed by atoms with Gasteiger partial charge in [-0.1, -0.05) is 23.7 Å². The second-order valence-corrected chi connectivity index (χ2v) is 5.25. The Kier molecular flexibility index (Phi) is 3.73. The fourth-order valence-corrected chi connectivity index (χ4v) is 2.30. The van der Waals surface area contributed by atoms with Crippen LogP contribution in [-0.4, -0.2) is 27.1 Å². The molecule has 0 aliphatic carbocycles. The van der Waals surface area contributed by atoms with E-state index in [0.717, 1.165) is 16.6 Å². The van der Waals surface area contributed by atoms with Crippen LogP contribution in [0.3, 0.4) is 0 Å². The molecule has 0 aliphatic heterocycles. The zero-order chi connectivity index (χ0) is 15.7. The maximum absolute atomic E-state index is 10.8. The molecule has 5 nitrogen and oxygen atoms in total. The summed E-state index contributed by atoms with van der Waals surface area (Å²) in [6.07, 6.45) is -0.963. The number of carboxylic acid groups (broad SMARTS) is 1. The van der Waals surface area contributed by atoms with Crippen molar-refractivity contribution in [3.05, 3.63) is 47.5 Å². The van der Waals surface area contributed by atoms with Crippen molar-refractivity contribution in [2.75, 3.05) is 0 Å². The molecule has 0 amide bonds. The van der Waals surface area contributed by atoms with Gasteiger partial charge in [0.25, 0.3) is 0 Å². The zero-order valence-electron chi connectivity index (χ0n) is 11.7. The zero-order valence-corrected chi connectivity index (χ0v) is 12.5. The Balaban J connectivity index is 1.92. The third-order valence-corrected chi connectivity index (χ3v) is 3.54. The van der Waals surface area contributed by atoms with Crippen molar-refractivity contribution in [1.29, 1.82) is 0 Å². The first-order valence-corrected chi connectivity index (χ1v) is 7.06. The van der Waals surface area contributed by atoms with E-state index in [4.69, 9.17) is 21.4 Å². The molecule has 1 atom stereocenters. The number of nitrogens with zero attached hydrogens (tertiary/aromatic N) is 1. The van der Waals surface area contributed by atoms with E-state index in [1.807, 2.05) is 24.3 Å². The highest BCUT2D eigenvalue weighted by molar-refractivity contribution is 6.32. The third-order valence-electron chi connectivity index (χ3n) is 3.25. The Morgan fingerprint density at radius 1 is 1.32 bits per heavy atom. The lowest BCUT2D eigenvalue weighted by Gasteiger charge is -2.12. The van der Waals surface area contributed by atoms with Gasteiger partial charge in [0, 0.05) is 5.56 Å². The van der Waals surface area contributed by atoms with Gasteiger partial charge in [0.05, 0.1) is 16.1 Å². The van der Waals surface area contributed by atoms with Gasteiger partial charge in [0.1, 0.15) is 11.6 Å². The number of imidazole rings is 1. The minimum Gasteiger partial charge on any atom is -0.479 e. The first-order valence-electron chi connectivity index (χ1n) is 6.69. The lowest BCUT2D eigenvalue weighted by Crippen LogP contribution is -2.22. The van der Waals surface area contributed by atoms with Gasteiger partial charge < -0.3 is 14.8 Å². The summed E-state index contributed by atoms with van der Waals surface area (Å²) in [7, 11) is 0. The molecule has 0 saturated heterocycles. The second kappa shape index (κ2) is 5.69. The number of aromatic nitrogens is 2. The van der Waals surface area contributed by atoms with E-state index < -0.39 is 12.1 Å². The molecule has 1 unspecified atom stereocenters. The van der Waals surface area contributed by atoms with E-state index in [9.17, 15) is 4.79 Å². The number of benzene rings is 2. The summed E-state index contributed by atoms with van der Waals surface area (Å²) in [4.78, 5) is 18.5. The normalized spacial score (nSPS) is 12.3. The predicted molar refractivity (Wildman–Crippen MR) is 84.3 cm³/mol. The van der Waals surface area contributed by atoms with Crippen LogP contribution in [0.2, 0.25) is 5.02 Å². The van der Waals surface area contributed by atoms with Crippen molar-refractivity contribution in [2.24, 2.45) is 0 Å². The van der Waals surface area contributed by atoms with E-state index in [2.05, 4.69) is 9.97 Å². The lowest BCUT2D eigenvalue weighted by atomic mass is 10.2. The topological polar surface area (TPSA) is 75.2 Å². The number of fused-ring (bicyclic) bond motifs is 1. The minimum absolute atomic E-state index is 0.330. The molecule has 1 heterocycles. The van der Waals surface area contributed by atoms with Crippen LogP contribution in [0.1, 0.15) is 6.92 Å². The Bertz CT molecular complexity index is 811. The van der Waals surface area contributed by atoms with Gasteiger partial charge in [-0.05, 0) is 37.3 Å². The van der Waals surface area contributed by atoms with Crippen LogP contribution in [0.15, 0.2) is 42.5 Å². The molecule has 0 fully saturated rings. The molecule has 0 aliphatic rings. The maximum atomic E-state index is 10.8. The number of aromatic amines is 1. The number of hydrogen-bond acceptors (Lipinski definition) is 3. The Morgan fingerprint density at radius 2 is 2.09 bits per heavy atom. The molecule has 3 rings (SSSR count). The molecule has 0 spiro atoms. The third kappa shape index (κ3) is 2.76. The van der Waals surface area contributed by atoms with Crippen molar-refractivity contribution in [3.63, 3.8) is 0 Å². The highest BCUT2D eigenvalue weighted by Crippen LogP contribution is 2.30. The number of nitrogens with one attached hydrogen (secondary N) is 1. The first kappa shape index (κ1) is 14.4. The van der Waals surface area contributed by atoms with E-state index in [1.54, 1.807) is 18.2 Å². The van der Waals surface area contributed by atoms with Crippen LogP contribution in [0.25, 0.3) is 22.4 Å². The van der Waals surface area contributed by atoms with Gasteiger partial charge in [-0.15, -0.1) is 0 Å². The van der Waals surface area contributed by atoms with Gasteiger partial charge in [-0.25, -0.2) is 9.78 Å². The summed E-state index contributed by atoms with van der Waals surface area (Å²) >= 11 is 6.17. The highest BCUT2D eigenvalue weighted by Gasteiger charge is 2.15. The van der Waals surface area contributed by atoms with Crippen LogP contribution in [0, 0.1) is 0 Å². The molecule has 1 aromatic heterocycles. The molecule has 0 bridgehead atoms. The molecule has 22 heavy (non-hydrogen) atoms. The molecule has 112 valence electrons. The monoisotopic (exact) mass is 316 g/mol. The van der Waals surface area contributed by atoms with Crippen molar-refractivity contribution in [2.45, 2.75) is 13.0 Å². The quantitative estimate of drug-likeness (QED) is 0.769. The number of rotatable bonds is 4. The van der Waals surface area contributed by atoms with E-state index >= 15 is 0 Å². The van der Waals surface area contributed by atoms with Crippen LogP contribution >= 0.6 is 11.6 Å². The molecule has 0 radical (unpaired) electrons. The summed E-state index contributed by atoms with van der Waals surface area (Å²) in [5, 5.41) is 9.20. The molecule has 3 aromatic rings. The van der Waals surface area contributed by atoms with Crippen LogP contribution in [0.4, 0.5) is 0 Å². The van der Waals surface area contributed by atoms with Gasteiger partial charge in [0.2, 0.25) is 0 Å². The minimum atomic E-state index is -1.04. The average molecular weight is 317 g/mol. The molecular formula is C16H13ClN2O3. The fraction of sp³-hybridized carbons (Fsp3) is 0.125. The van der Waals surface area contributed by atoms with Crippen molar-refractivity contribution >= 4 is 28.6 Å². The molecule has 2 N–H and O–H groups in total. The molecular weight excluding hydrogens is 304 g/mol. The standard InChI is InChI=1S/C16H13ClN2O3/c1-9(16(20)21)22-14-7-6-10(8-11(14)17)15-18-12-4-2-3-5-13(12)19-15/h2-9H,1H3,(H,18,19)(H,20,21). The number of ether oxygens (including phenoxy) is 1.